The molecular formula is C10H8ClF3N2O. The Hall–Kier alpha value is -1.48. The first-order valence-corrected chi connectivity index (χ1v) is 5.09. The van der Waals surface area contributed by atoms with Crippen LogP contribution in [0.5, 0.6) is 5.75 Å². The molecule has 0 radical (unpaired) electrons. The Kier molecular flexibility index (Phi) is 4.18. The molecule has 0 unspecified atom stereocenters. The van der Waals surface area contributed by atoms with E-state index in [1.807, 2.05) is 6.07 Å². The molecule has 1 rings (SSSR count). The number of nitriles is 1. The molecule has 7 heteroatoms. The number of halogens is 4. The van der Waals surface area contributed by atoms with Crippen LogP contribution in [0.15, 0.2) is 6.07 Å². The molecule has 0 amide bonds. The van der Waals surface area contributed by atoms with E-state index in [0.717, 1.165) is 6.07 Å². The van der Waals surface area contributed by atoms with Gasteiger partial charge >= 0.3 is 6.36 Å². The second-order valence-electron chi connectivity index (χ2n) is 3.20. The van der Waals surface area contributed by atoms with Crippen LogP contribution in [0.4, 0.5) is 13.2 Å². The van der Waals surface area contributed by atoms with Crippen LogP contribution in [-0.4, -0.2) is 11.3 Å². The smallest absolute Gasteiger partial charge is 0.405 e. The third kappa shape index (κ3) is 3.79. The molecule has 0 atom stereocenters. The maximum atomic E-state index is 12.1. The first kappa shape index (κ1) is 13.6. The molecule has 92 valence electrons. The molecule has 0 fully saturated rings. The van der Waals surface area contributed by atoms with Gasteiger partial charge in [0, 0.05) is 11.6 Å². The van der Waals surface area contributed by atoms with Crippen LogP contribution in [0.3, 0.4) is 0 Å². The Morgan fingerprint density at radius 2 is 2.18 bits per heavy atom. The number of hydrogen-bond acceptors (Lipinski definition) is 3. The Morgan fingerprint density at radius 3 is 2.65 bits per heavy atom. The topological polar surface area (TPSA) is 45.9 Å². The molecule has 1 heterocycles. The number of rotatable bonds is 3. The van der Waals surface area contributed by atoms with Crippen LogP contribution >= 0.6 is 11.6 Å². The number of pyridine rings is 1. The van der Waals surface area contributed by atoms with Gasteiger partial charge in [-0.2, -0.15) is 5.26 Å². The van der Waals surface area contributed by atoms with Crippen LogP contribution in [0.2, 0.25) is 0 Å². The first-order valence-electron chi connectivity index (χ1n) is 4.55. The van der Waals surface area contributed by atoms with Crippen molar-refractivity contribution in [2.75, 3.05) is 0 Å². The molecule has 0 spiro atoms. The van der Waals surface area contributed by atoms with E-state index in [4.69, 9.17) is 16.9 Å². The van der Waals surface area contributed by atoms with Crippen LogP contribution in [0, 0.1) is 18.3 Å². The summed E-state index contributed by atoms with van der Waals surface area (Å²) in [6.07, 6.45) is -4.87. The average molecular weight is 265 g/mol. The summed E-state index contributed by atoms with van der Waals surface area (Å²) in [5.41, 5.74) is 0.671. The number of alkyl halides is 4. The second-order valence-corrected chi connectivity index (χ2v) is 3.47. The van der Waals surface area contributed by atoms with Gasteiger partial charge in [0.05, 0.1) is 29.8 Å². The highest BCUT2D eigenvalue weighted by Crippen LogP contribution is 2.28. The molecular weight excluding hydrogens is 257 g/mol. The van der Waals surface area contributed by atoms with Gasteiger partial charge in [0.15, 0.2) is 0 Å². The molecule has 0 bridgehead atoms. The van der Waals surface area contributed by atoms with Gasteiger partial charge < -0.3 is 4.74 Å². The van der Waals surface area contributed by atoms with Crippen molar-refractivity contribution in [2.24, 2.45) is 0 Å². The third-order valence-corrected chi connectivity index (χ3v) is 2.26. The summed E-state index contributed by atoms with van der Waals surface area (Å²) in [7, 11) is 0. The Morgan fingerprint density at radius 1 is 1.53 bits per heavy atom. The lowest BCUT2D eigenvalue weighted by molar-refractivity contribution is -0.274. The molecule has 1 aromatic heterocycles. The van der Waals surface area contributed by atoms with Crippen molar-refractivity contribution in [3.63, 3.8) is 0 Å². The Balaban J connectivity index is 3.20. The molecule has 0 N–H and O–H groups in total. The highest BCUT2D eigenvalue weighted by molar-refractivity contribution is 6.16. The summed E-state index contributed by atoms with van der Waals surface area (Å²) in [6, 6.07) is 2.95. The molecule has 3 nitrogen and oxygen atoms in total. The van der Waals surface area contributed by atoms with Crippen molar-refractivity contribution in [1.29, 1.82) is 5.26 Å². The fourth-order valence-electron chi connectivity index (χ4n) is 1.24. The number of hydrogen-bond donors (Lipinski definition) is 0. The molecule has 1 aromatic rings. The predicted octanol–water partition coefficient (Wildman–Crippen LogP) is 3.09. The molecule has 0 saturated carbocycles. The SMILES string of the molecule is Cc1c(OC(F)(F)F)cc(CCl)nc1CC#N. The lowest BCUT2D eigenvalue weighted by Crippen LogP contribution is -2.18. The monoisotopic (exact) mass is 264 g/mol. The van der Waals surface area contributed by atoms with Crippen molar-refractivity contribution >= 4 is 11.6 Å². The molecule has 0 aromatic carbocycles. The van der Waals surface area contributed by atoms with E-state index in [-0.39, 0.29) is 35.0 Å². The van der Waals surface area contributed by atoms with E-state index in [1.54, 1.807) is 0 Å². The van der Waals surface area contributed by atoms with Gasteiger partial charge in [0.2, 0.25) is 0 Å². The fourth-order valence-corrected chi connectivity index (χ4v) is 1.37. The minimum atomic E-state index is -4.78. The average Bonchev–Trinajstić information content (AvgIpc) is 2.22. The van der Waals surface area contributed by atoms with Crippen molar-refractivity contribution in [3.8, 4) is 11.8 Å². The lowest BCUT2D eigenvalue weighted by Gasteiger charge is -2.14. The van der Waals surface area contributed by atoms with Crippen LogP contribution in [0.1, 0.15) is 17.0 Å². The van der Waals surface area contributed by atoms with Gasteiger partial charge in [0.25, 0.3) is 0 Å². The van der Waals surface area contributed by atoms with Gasteiger partial charge in [-0.3, -0.25) is 4.98 Å². The molecule has 0 saturated heterocycles. The zero-order valence-corrected chi connectivity index (χ0v) is 9.56. The quantitative estimate of drug-likeness (QED) is 0.788. The zero-order chi connectivity index (χ0) is 13.1. The fraction of sp³-hybridized carbons (Fsp3) is 0.400. The summed E-state index contributed by atoms with van der Waals surface area (Å²) in [5.74, 6) is -0.416. The van der Waals surface area contributed by atoms with Gasteiger partial charge in [0.1, 0.15) is 5.75 Å². The highest BCUT2D eigenvalue weighted by atomic mass is 35.5. The van der Waals surface area contributed by atoms with Crippen LogP contribution in [0.25, 0.3) is 0 Å². The van der Waals surface area contributed by atoms with Gasteiger partial charge in [-0.1, -0.05) is 0 Å². The van der Waals surface area contributed by atoms with Gasteiger partial charge in [-0.05, 0) is 6.92 Å². The second kappa shape index (κ2) is 5.23. The Labute approximate surface area is 101 Å². The maximum absolute atomic E-state index is 12.1. The predicted molar refractivity (Wildman–Crippen MR) is 54.5 cm³/mol. The molecule has 0 aliphatic rings. The summed E-state index contributed by atoms with van der Waals surface area (Å²) in [6.45, 7) is 1.42. The summed E-state index contributed by atoms with van der Waals surface area (Å²) >= 11 is 5.51. The van der Waals surface area contributed by atoms with E-state index in [1.165, 1.54) is 6.92 Å². The standard InChI is InChI=1S/C10H8ClF3N2O/c1-6-8(2-3-15)16-7(5-11)4-9(6)17-10(12,13)14/h4H,2,5H2,1H3. The van der Waals surface area contributed by atoms with Gasteiger partial charge in [-0.15, -0.1) is 24.8 Å². The van der Waals surface area contributed by atoms with E-state index >= 15 is 0 Å². The summed E-state index contributed by atoms with van der Waals surface area (Å²) < 4.78 is 40.3. The van der Waals surface area contributed by atoms with Crippen molar-refractivity contribution in [1.82, 2.24) is 4.98 Å². The zero-order valence-electron chi connectivity index (χ0n) is 8.81. The Bertz CT molecular complexity index is 454. The minimum Gasteiger partial charge on any atom is -0.405 e. The largest absolute Gasteiger partial charge is 0.573 e. The van der Waals surface area contributed by atoms with E-state index in [2.05, 4.69) is 9.72 Å². The molecule has 0 aliphatic carbocycles. The van der Waals surface area contributed by atoms with Crippen molar-refractivity contribution < 1.29 is 17.9 Å². The number of nitrogens with zero attached hydrogens (tertiary/aromatic N) is 2. The number of aromatic nitrogens is 1. The highest BCUT2D eigenvalue weighted by Gasteiger charge is 2.32. The van der Waals surface area contributed by atoms with E-state index < -0.39 is 6.36 Å². The minimum absolute atomic E-state index is 0.0487. The normalized spacial score (nSPS) is 11.1. The van der Waals surface area contributed by atoms with Crippen molar-refractivity contribution in [2.45, 2.75) is 25.6 Å². The van der Waals surface area contributed by atoms with Crippen molar-refractivity contribution in [3.05, 3.63) is 23.0 Å². The van der Waals surface area contributed by atoms with Crippen LogP contribution in [-0.2, 0) is 12.3 Å². The van der Waals surface area contributed by atoms with Gasteiger partial charge in [-0.25, -0.2) is 0 Å². The lowest BCUT2D eigenvalue weighted by atomic mass is 10.1. The third-order valence-electron chi connectivity index (χ3n) is 1.99. The van der Waals surface area contributed by atoms with E-state index in [9.17, 15) is 13.2 Å². The number of ether oxygens (including phenoxy) is 1. The summed E-state index contributed by atoms with van der Waals surface area (Å²) in [4.78, 5) is 3.97. The first-order chi connectivity index (χ1) is 7.87. The van der Waals surface area contributed by atoms with E-state index in [0.29, 0.717) is 0 Å². The molecule has 0 aliphatic heterocycles. The summed E-state index contributed by atoms with van der Waals surface area (Å²) in [5, 5.41) is 8.55. The maximum Gasteiger partial charge on any atom is 0.573 e. The molecule has 17 heavy (non-hydrogen) atoms. The van der Waals surface area contributed by atoms with Crippen LogP contribution < -0.4 is 4.74 Å².